The molecule has 0 bridgehead atoms. The highest BCUT2D eigenvalue weighted by molar-refractivity contribution is 6.09. The number of hydrogen-bond donors (Lipinski definition) is 0. The molecule has 178 valence electrons. The van der Waals surface area contributed by atoms with Crippen molar-refractivity contribution in [3.63, 3.8) is 0 Å². The van der Waals surface area contributed by atoms with Gasteiger partial charge in [-0.25, -0.2) is 4.79 Å². The molecule has 0 saturated carbocycles. The lowest BCUT2D eigenvalue weighted by molar-refractivity contribution is -0.142. The van der Waals surface area contributed by atoms with E-state index in [2.05, 4.69) is 5.16 Å². The number of cyclic esters (lactones) is 1. The number of oxime groups is 1. The number of nitrogens with zero attached hydrogens (tertiary/aromatic N) is 1. The zero-order valence-corrected chi connectivity index (χ0v) is 19.1. The summed E-state index contributed by atoms with van der Waals surface area (Å²) in [5.41, 5.74) is 2.64. The molecule has 10 nitrogen and oxygen atoms in total. The van der Waals surface area contributed by atoms with Crippen molar-refractivity contribution in [1.29, 1.82) is 0 Å². The molecule has 0 spiro atoms. The van der Waals surface area contributed by atoms with Crippen LogP contribution in [0.1, 0.15) is 29.5 Å². The third-order valence-corrected chi connectivity index (χ3v) is 6.30. The summed E-state index contributed by atoms with van der Waals surface area (Å²) < 4.78 is 33.2. The van der Waals surface area contributed by atoms with Crippen LogP contribution in [-0.4, -0.2) is 52.4 Å². The maximum Gasteiger partial charge on any atom is 0.331 e. The molecule has 2 heterocycles. The minimum atomic E-state index is -0.620. The number of rotatable bonds is 5. The van der Waals surface area contributed by atoms with Gasteiger partial charge in [0.25, 0.3) is 0 Å². The van der Waals surface area contributed by atoms with Crippen LogP contribution in [-0.2, 0) is 19.2 Å². The van der Waals surface area contributed by atoms with Crippen molar-refractivity contribution < 1.29 is 42.8 Å². The summed E-state index contributed by atoms with van der Waals surface area (Å²) in [6.07, 6.45) is 0. The molecule has 2 aliphatic heterocycles. The molecule has 34 heavy (non-hydrogen) atoms. The molecule has 1 fully saturated rings. The zero-order valence-electron chi connectivity index (χ0n) is 19.1. The van der Waals surface area contributed by atoms with E-state index >= 15 is 0 Å². The second kappa shape index (κ2) is 8.44. The van der Waals surface area contributed by atoms with Crippen molar-refractivity contribution in [3.8, 4) is 28.7 Å². The molecule has 0 radical (unpaired) electrons. The number of esters is 1. The summed E-state index contributed by atoms with van der Waals surface area (Å²) in [6, 6.07) is 7.26. The van der Waals surface area contributed by atoms with Gasteiger partial charge in [-0.15, -0.1) is 0 Å². The van der Waals surface area contributed by atoms with Crippen LogP contribution in [0.25, 0.3) is 0 Å². The Kier molecular flexibility index (Phi) is 5.43. The third-order valence-electron chi connectivity index (χ3n) is 6.30. The second-order valence-corrected chi connectivity index (χ2v) is 8.05. The van der Waals surface area contributed by atoms with Crippen molar-refractivity contribution >= 4 is 17.7 Å². The van der Waals surface area contributed by atoms with E-state index < -0.39 is 23.7 Å². The summed E-state index contributed by atoms with van der Waals surface area (Å²) in [6.45, 7) is 1.46. The first-order valence-corrected chi connectivity index (χ1v) is 10.6. The van der Waals surface area contributed by atoms with Crippen LogP contribution in [0.5, 0.6) is 28.7 Å². The van der Waals surface area contributed by atoms with Gasteiger partial charge in [0.2, 0.25) is 12.5 Å². The molecule has 2 aromatic rings. The summed E-state index contributed by atoms with van der Waals surface area (Å²) in [4.78, 5) is 29.5. The summed E-state index contributed by atoms with van der Waals surface area (Å²) in [5, 5.41) is 4.12. The van der Waals surface area contributed by atoms with Crippen LogP contribution in [0.4, 0.5) is 0 Å². The van der Waals surface area contributed by atoms with Gasteiger partial charge in [0.15, 0.2) is 23.0 Å². The highest BCUT2D eigenvalue weighted by atomic mass is 16.7. The lowest BCUT2D eigenvalue weighted by Crippen LogP contribution is -2.36. The summed E-state index contributed by atoms with van der Waals surface area (Å²) in [5.74, 6) is 0.00432. The first-order valence-electron chi connectivity index (χ1n) is 10.6. The first-order chi connectivity index (χ1) is 16.5. The highest BCUT2D eigenvalue weighted by Gasteiger charge is 2.52. The third kappa shape index (κ3) is 3.37. The molecule has 1 saturated heterocycles. The van der Waals surface area contributed by atoms with E-state index in [0.717, 1.165) is 11.1 Å². The van der Waals surface area contributed by atoms with Gasteiger partial charge < -0.3 is 33.3 Å². The fraction of sp³-hybridized carbons (Fsp3) is 0.375. The molecule has 1 aliphatic carbocycles. The number of fused-ring (bicyclic) bond motifs is 3. The van der Waals surface area contributed by atoms with Crippen LogP contribution < -0.4 is 23.7 Å². The van der Waals surface area contributed by atoms with E-state index in [9.17, 15) is 9.59 Å². The minimum absolute atomic E-state index is 0.0817. The van der Waals surface area contributed by atoms with E-state index in [1.807, 2.05) is 18.2 Å². The average Bonchev–Trinajstić information content (AvgIpc) is 3.45. The average molecular weight is 469 g/mol. The number of carbonyl (C=O) groups is 2. The molecule has 5 rings (SSSR count). The number of ether oxygens (including phenoxy) is 6. The molecule has 0 aromatic heterocycles. The Labute approximate surface area is 195 Å². The Balaban J connectivity index is 1.76. The Morgan fingerprint density at radius 1 is 0.971 bits per heavy atom. The number of benzene rings is 2. The molecule has 0 amide bonds. The lowest BCUT2D eigenvalue weighted by atomic mass is 9.66. The zero-order chi connectivity index (χ0) is 24.0. The molecule has 2 aromatic carbocycles. The van der Waals surface area contributed by atoms with E-state index in [0.29, 0.717) is 40.0 Å². The monoisotopic (exact) mass is 469 g/mol. The van der Waals surface area contributed by atoms with Crippen molar-refractivity contribution in [1.82, 2.24) is 0 Å². The minimum Gasteiger partial charge on any atom is -0.493 e. The predicted molar refractivity (Wildman–Crippen MR) is 117 cm³/mol. The maximum absolute atomic E-state index is 13.0. The molecular formula is C24H23NO9. The molecule has 3 aliphatic rings. The lowest BCUT2D eigenvalue weighted by Gasteiger charge is -2.34. The van der Waals surface area contributed by atoms with Crippen molar-refractivity contribution in [3.05, 3.63) is 41.0 Å². The van der Waals surface area contributed by atoms with Crippen molar-refractivity contribution in [2.75, 3.05) is 34.7 Å². The quantitative estimate of drug-likeness (QED) is 0.371. The SMILES string of the molecule is COc1cc([C@@H]2c3cc4c(cc3/C(=N\OC(C)=O)[C@H]3COC(=O)[C@H]23)OCO4)cc(OC)c1OC. The van der Waals surface area contributed by atoms with E-state index in [4.69, 9.17) is 33.3 Å². The molecule has 0 unspecified atom stereocenters. The van der Waals surface area contributed by atoms with Gasteiger partial charge in [0.1, 0.15) is 6.61 Å². The van der Waals surface area contributed by atoms with Crippen LogP contribution >= 0.6 is 0 Å². The van der Waals surface area contributed by atoms with Gasteiger partial charge in [-0.2, -0.15) is 0 Å². The first kappa shape index (κ1) is 21.9. The summed E-state index contributed by atoms with van der Waals surface area (Å²) >= 11 is 0. The smallest absolute Gasteiger partial charge is 0.331 e. The predicted octanol–water partition coefficient (Wildman–Crippen LogP) is 2.64. The van der Waals surface area contributed by atoms with E-state index in [1.165, 1.54) is 28.3 Å². The van der Waals surface area contributed by atoms with E-state index in [1.54, 1.807) is 6.07 Å². The Morgan fingerprint density at radius 2 is 1.65 bits per heavy atom. The van der Waals surface area contributed by atoms with Gasteiger partial charge in [-0.05, 0) is 35.4 Å². The van der Waals surface area contributed by atoms with Crippen LogP contribution in [0.2, 0.25) is 0 Å². The Morgan fingerprint density at radius 3 is 2.26 bits per heavy atom. The van der Waals surface area contributed by atoms with Crippen molar-refractivity contribution in [2.24, 2.45) is 17.0 Å². The van der Waals surface area contributed by atoms with Gasteiger partial charge in [0.05, 0.1) is 38.9 Å². The molecule has 3 atom stereocenters. The summed E-state index contributed by atoms with van der Waals surface area (Å²) in [7, 11) is 4.59. The largest absolute Gasteiger partial charge is 0.493 e. The van der Waals surface area contributed by atoms with Crippen LogP contribution in [0.3, 0.4) is 0 Å². The van der Waals surface area contributed by atoms with Gasteiger partial charge in [-0.1, -0.05) is 5.16 Å². The fourth-order valence-electron chi connectivity index (χ4n) is 4.88. The number of methoxy groups -OCH3 is 3. The fourth-order valence-corrected chi connectivity index (χ4v) is 4.88. The number of hydrogen-bond acceptors (Lipinski definition) is 10. The standard InChI is InChI=1S/C24H23NO9/c1-11(26)34-25-22-14-8-17-16(32-10-33-17)7-13(14)20(21-15(22)9-31-24(21)27)12-5-18(28-2)23(30-4)19(6-12)29-3/h5-8,15,20-21H,9-10H2,1-4H3/b25-22+/t15-,20+,21-/m0/s1. The maximum atomic E-state index is 13.0. The molecule has 0 N–H and O–H groups in total. The second-order valence-electron chi connectivity index (χ2n) is 8.05. The molecular weight excluding hydrogens is 446 g/mol. The van der Waals surface area contributed by atoms with Crippen LogP contribution in [0, 0.1) is 11.8 Å². The normalized spacial score (nSPS) is 23.1. The Hall–Kier alpha value is -3.95. The number of carbonyl (C=O) groups excluding carboxylic acids is 2. The topological polar surface area (TPSA) is 111 Å². The van der Waals surface area contributed by atoms with Crippen LogP contribution in [0.15, 0.2) is 29.4 Å². The Bertz CT molecular complexity index is 1180. The highest BCUT2D eigenvalue weighted by Crippen LogP contribution is 2.52. The van der Waals surface area contributed by atoms with Crippen molar-refractivity contribution in [2.45, 2.75) is 12.8 Å². The van der Waals surface area contributed by atoms with E-state index in [-0.39, 0.29) is 19.4 Å². The van der Waals surface area contributed by atoms with Gasteiger partial charge in [-0.3, -0.25) is 4.79 Å². The van der Waals surface area contributed by atoms with Gasteiger partial charge in [0, 0.05) is 18.4 Å². The molecule has 10 heteroatoms. The van der Waals surface area contributed by atoms with Gasteiger partial charge >= 0.3 is 11.9 Å².